The molecule has 1 aromatic carbocycles. The summed E-state index contributed by atoms with van der Waals surface area (Å²) in [7, 11) is -7.01. The van der Waals surface area contributed by atoms with Gasteiger partial charge in [-0.1, -0.05) is 5.16 Å². The largest absolute Gasteiger partial charge is 0.463 e. The quantitative estimate of drug-likeness (QED) is 0.320. The third kappa shape index (κ3) is 3.97. The van der Waals surface area contributed by atoms with E-state index in [9.17, 15) is 16.8 Å². The lowest BCUT2D eigenvalue weighted by atomic mass is 10.1. The molecule has 0 bridgehead atoms. The Bertz CT molecular complexity index is 992. The molecule has 0 unspecified atom stereocenters. The minimum absolute atomic E-state index is 0.140. The van der Waals surface area contributed by atoms with Gasteiger partial charge in [0, 0.05) is 24.3 Å². The predicted molar refractivity (Wildman–Crippen MR) is 90.6 cm³/mol. The maximum atomic E-state index is 12.0. The Balaban J connectivity index is 2.48. The van der Waals surface area contributed by atoms with Crippen LogP contribution in [0.1, 0.15) is 5.56 Å². The van der Waals surface area contributed by atoms with E-state index in [2.05, 4.69) is 5.16 Å². The average Bonchev–Trinajstić information content (AvgIpc) is 2.87. The molecule has 1 heterocycles. The van der Waals surface area contributed by atoms with Gasteiger partial charge < -0.3 is 15.4 Å². The van der Waals surface area contributed by atoms with Gasteiger partial charge in [0.2, 0.25) is 10.0 Å². The number of hydrogen-bond acceptors (Lipinski definition) is 7. The number of nitrogens with zero attached hydrogens (tertiary/aromatic N) is 2. The number of sulfonamides is 1. The van der Waals surface area contributed by atoms with Crippen LogP contribution in [-0.4, -0.2) is 52.7 Å². The number of hydrogen-bond donors (Lipinski definition) is 2. The van der Waals surface area contributed by atoms with Crippen molar-refractivity contribution in [2.24, 2.45) is 10.9 Å². The Labute approximate surface area is 139 Å². The number of fused-ring (bicyclic) bond motifs is 1. The highest BCUT2D eigenvalue weighted by Crippen LogP contribution is 2.27. The lowest BCUT2D eigenvalue weighted by Gasteiger charge is -2.21. The van der Waals surface area contributed by atoms with Gasteiger partial charge in [0.15, 0.2) is 5.84 Å². The zero-order valence-electron chi connectivity index (χ0n) is 13.0. The Kier molecular flexibility index (Phi) is 4.76. The van der Waals surface area contributed by atoms with E-state index in [0.717, 1.165) is 16.8 Å². The van der Waals surface area contributed by atoms with E-state index in [1.807, 2.05) is 0 Å². The molecular weight excluding hydrogens is 358 g/mol. The number of sulfone groups is 1. The highest BCUT2D eigenvalue weighted by Gasteiger charge is 2.21. The summed E-state index contributed by atoms with van der Waals surface area (Å²) >= 11 is 0. The molecule has 0 aliphatic heterocycles. The molecule has 0 spiro atoms. The van der Waals surface area contributed by atoms with Crippen LogP contribution in [-0.2, 0) is 19.9 Å². The summed E-state index contributed by atoms with van der Waals surface area (Å²) < 4.78 is 52.9. The summed E-state index contributed by atoms with van der Waals surface area (Å²) in [4.78, 5) is 0. The van der Waals surface area contributed by atoms with Crippen LogP contribution in [0.3, 0.4) is 0 Å². The van der Waals surface area contributed by atoms with E-state index in [4.69, 9.17) is 15.4 Å². The number of rotatable bonds is 6. The molecule has 11 heteroatoms. The van der Waals surface area contributed by atoms with Crippen molar-refractivity contribution in [3.8, 4) is 0 Å². The average molecular weight is 375 g/mol. The van der Waals surface area contributed by atoms with Crippen LogP contribution in [0, 0.1) is 0 Å². The SMILES string of the molecule is CS(=O)(=O)CCN(c1ccc2c(C(N)=NO)coc2c1)S(C)(=O)=O. The van der Waals surface area contributed by atoms with Gasteiger partial charge in [-0.3, -0.25) is 4.31 Å². The smallest absolute Gasteiger partial charge is 0.232 e. The molecule has 0 amide bonds. The zero-order valence-corrected chi connectivity index (χ0v) is 14.6. The molecule has 0 saturated carbocycles. The highest BCUT2D eigenvalue weighted by atomic mass is 32.2. The molecule has 132 valence electrons. The van der Waals surface area contributed by atoms with Gasteiger partial charge in [-0.25, -0.2) is 16.8 Å². The summed E-state index contributed by atoms with van der Waals surface area (Å²) in [6.07, 6.45) is 3.31. The molecule has 2 aromatic rings. The van der Waals surface area contributed by atoms with Crippen molar-refractivity contribution in [3.63, 3.8) is 0 Å². The molecule has 1 aromatic heterocycles. The second-order valence-corrected chi connectivity index (χ2v) is 9.45. The summed E-state index contributed by atoms with van der Waals surface area (Å²) in [6.45, 7) is -0.211. The lowest BCUT2D eigenvalue weighted by molar-refractivity contribution is 0.318. The molecule has 2 rings (SSSR count). The Morgan fingerprint density at radius 2 is 1.96 bits per heavy atom. The number of benzene rings is 1. The van der Waals surface area contributed by atoms with E-state index < -0.39 is 19.9 Å². The fourth-order valence-corrected chi connectivity index (χ4v) is 3.71. The molecule has 0 fully saturated rings. The van der Waals surface area contributed by atoms with Crippen molar-refractivity contribution in [1.82, 2.24) is 0 Å². The summed E-state index contributed by atoms with van der Waals surface area (Å²) in [6, 6.07) is 4.50. The number of amidine groups is 1. The van der Waals surface area contributed by atoms with Gasteiger partial charge in [0.1, 0.15) is 21.7 Å². The summed E-state index contributed by atoms with van der Waals surface area (Å²) in [5.41, 5.74) is 6.48. The number of furan rings is 1. The topological polar surface area (TPSA) is 143 Å². The monoisotopic (exact) mass is 375 g/mol. The van der Waals surface area contributed by atoms with Crippen LogP contribution in [0.2, 0.25) is 0 Å². The molecule has 0 atom stereocenters. The minimum atomic E-state index is -3.68. The Morgan fingerprint density at radius 1 is 1.29 bits per heavy atom. The van der Waals surface area contributed by atoms with Gasteiger partial charge in [-0.2, -0.15) is 0 Å². The van der Waals surface area contributed by atoms with Gasteiger partial charge in [-0.15, -0.1) is 0 Å². The first-order valence-corrected chi connectivity index (χ1v) is 10.6. The highest BCUT2D eigenvalue weighted by molar-refractivity contribution is 7.92. The molecule has 0 saturated heterocycles. The van der Waals surface area contributed by atoms with Crippen molar-refractivity contribution < 1.29 is 26.5 Å². The van der Waals surface area contributed by atoms with Gasteiger partial charge >= 0.3 is 0 Å². The molecule has 0 radical (unpaired) electrons. The van der Waals surface area contributed by atoms with E-state index >= 15 is 0 Å². The number of anilines is 1. The standard InChI is InChI=1S/C13H17N3O6S2/c1-23(18,19)6-5-16(24(2,20)21)9-3-4-10-11(13(14)15-17)8-22-12(10)7-9/h3-4,7-8,17H,5-6H2,1-2H3,(H2,14,15). The first-order chi connectivity index (χ1) is 11.0. The molecule has 9 nitrogen and oxygen atoms in total. The molecule has 0 aliphatic carbocycles. The minimum Gasteiger partial charge on any atom is -0.463 e. The maximum absolute atomic E-state index is 12.0. The van der Waals surface area contributed by atoms with Crippen LogP contribution in [0.15, 0.2) is 34.0 Å². The van der Waals surface area contributed by atoms with Crippen molar-refractivity contribution in [3.05, 3.63) is 30.0 Å². The first-order valence-electron chi connectivity index (χ1n) is 6.67. The van der Waals surface area contributed by atoms with Crippen molar-refractivity contribution in [2.45, 2.75) is 0 Å². The third-order valence-corrected chi connectivity index (χ3v) is 5.41. The van der Waals surface area contributed by atoms with E-state index in [0.29, 0.717) is 16.5 Å². The van der Waals surface area contributed by atoms with Crippen LogP contribution in [0.5, 0.6) is 0 Å². The predicted octanol–water partition coefficient (Wildman–Crippen LogP) is 0.338. The normalized spacial score (nSPS) is 13.3. The van der Waals surface area contributed by atoms with Crippen molar-refractivity contribution in [1.29, 1.82) is 0 Å². The molecular formula is C13H17N3O6S2. The molecule has 24 heavy (non-hydrogen) atoms. The van der Waals surface area contributed by atoms with Crippen LogP contribution in [0.25, 0.3) is 11.0 Å². The zero-order chi connectivity index (χ0) is 18.1. The second kappa shape index (κ2) is 6.32. The van der Waals surface area contributed by atoms with E-state index in [1.165, 1.54) is 18.4 Å². The van der Waals surface area contributed by atoms with Gasteiger partial charge in [0.05, 0.1) is 23.3 Å². The molecule has 3 N–H and O–H groups in total. The first kappa shape index (κ1) is 18.1. The van der Waals surface area contributed by atoms with Gasteiger partial charge in [0.25, 0.3) is 0 Å². The maximum Gasteiger partial charge on any atom is 0.232 e. The third-order valence-electron chi connectivity index (χ3n) is 3.30. The van der Waals surface area contributed by atoms with Crippen LogP contribution < -0.4 is 10.0 Å². The van der Waals surface area contributed by atoms with Crippen LogP contribution >= 0.6 is 0 Å². The van der Waals surface area contributed by atoms with Crippen molar-refractivity contribution in [2.75, 3.05) is 29.1 Å². The molecule has 0 aliphatic rings. The number of oxime groups is 1. The van der Waals surface area contributed by atoms with Gasteiger partial charge in [-0.05, 0) is 12.1 Å². The second-order valence-electron chi connectivity index (χ2n) is 5.28. The number of nitrogens with two attached hydrogens (primary N) is 1. The summed E-state index contributed by atoms with van der Waals surface area (Å²) in [5, 5.41) is 12.2. The fourth-order valence-electron chi connectivity index (χ4n) is 2.16. The lowest BCUT2D eigenvalue weighted by Crippen LogP contribution is -2.34. The fraction of sp³-hybridized carbons (Fsp3) is 0.308. The van der Waals surface area contributed by atoms with E-state index in [1.54, 1.807) is 6.07 Å². The Hall–Kier alpha value is -2.27. The van der Waals surface area contributed by atoms with Crippen molar-refractivity contribution >= 4 is 42.4 Å². The Morgan fingerprint density at radius 3 is 2.50 bits per heavy atom. The summed E-state index contributed by atoms with van der Waals surface area (Å²) in [5.74, 6) is -0.454. The van der Waals surface area contributed by atoms with Crippen LogP contribution in [0.4, 0.5) is 5.69 Å². The van der Waals surface area contributed by atoms with E-state index in [-0.39, 0.29) is 23.8 Å².